The molecule has 3 nitrogen and oxygen atoms in total. The highest BCUT2D eigenvalue weighted by atomic mass is 16.2. The molecular formula is C29H31N2O+. The van der Waals surface area contributed by atoms with E-state index >= 15 is 0 Å². The summed E-state index contributed by atoms with van der Waals surface area (Å²) >= 11 is 0. The molecule has 2 heterocycles. The van der Waals surface area contributed by atoms with Crippen molar-refractivity contribution in [3.8, 4) is 11.1 Å². The van der Waals surface area contributed by atoms with Crippen molar-refractivity contribution in [3.63, 3.8) is 0 Å². The number of rotatable bonds is 6. The lowest BCUT2D eigenvalue weighted by Crippen LogP contribution is -3.14. The van der Waals surface area contributed by atoms with E-state index in [1.165, 1.54) is 29.7 Å². The number of benzene rings is 3. The number of quaternary nitrogens is 1. The Bertz CT molecular complexity index is 1090. The first-order valence-corrected chi connectivity index (χ1v) is 11.7. The van der Waals surface area contributed by atoms with Crippen molar-refractivity contribution in [2.24, 2.45) is 0 Å². The highest BCUT2D eigenvalue weighted by Crippen LogP contribution is 2.27. The molecule has 0 radical (unpaired) electrons. The molecule has 3 atom stereocenters. The Morgan fingerprint density at radius 1 is 0.875 bits per heavy atom. The first-order valence-electron chi connectivity index (χ1n) is 11.7. The molecule has 162 valence electrons. The number of carbonyl (C=O) groups excluding carboxylic acids is 1. The van der Waals surface area contributed by atoms with Gasteiger partial charge in [-0.1, -0.05) is 72.8 Å². The fourth-order valence-electron chi connectivity index (χ4n) is 5.22. The summed E-state index contributed by atoms with van der Waals surface area (Å²) in [5, 5.41) is 0. The lowest BCUT2D eigenvalue weighted by molar-refractivity contribution is -0.912. The van der Waals surface area contributed by atoms with Crippen molar-refractivity contribution >= 4 is 5.91 Å². The quantitative estimate of drug-likeness (QED) is 0.626. The fraction of sp³-hybridized carbons (Fsp3) is 0.276. The van der Waals surface area contributed by atoms with E-state index < -0.39 is 0 Å². The van der Waals surface area contributed by atoms with Crippen LogP contribution in [0.15, 0.2) is 96.7 Å². The predicted molar refractivity (Wildman–Crippen MR) is 129 cm³/mol. The Labute approximate surface area is 191 Å². The Morgan fingerprint density at radius 2 is 1.53 bits per heavy atom. The second-order valence-electron chi connectivity index (χ2n) is 9.12. The molecule has 0 saturated carbocycles. The smallest absolute Gasteiger partial charge is 0.258 e. The lowest BCUT2D eigenvalue weighted by Gasteiger charge is -2.33. The summed E-state index contributed by atoms with van der Waals surface area (Å²) in [5.41, 5.74) is 5.56. The topological polar surface area (TPSA) is 24.8 Å². The SMILES string of the molecule is C[NH+]1[C@H]2CC[C@@H]1C=C(N(CCc1ccccc1)C(=O)c1ccc(-c3ccccc3)cc1)C2. The normalized spacial score (nSPS) is 21.8. The monoisotopic (exact) mass is 423 g/mol. The summed E-state index contributed by atoms with van der Waals surface area (Å²) in [6.07, 6.45) is 6.71. The van der Waals surface area contributed by atoms with Crippen LogP contribution >= 0.6 is 0 Å². The first-order chi connectivity index (χ1) is 15.7. The molecule has 5 rings (SSSR count). The summed E-state index contributed by atoms with van der Waals surface area (Å²) < 4.78 is 0. The molecule has 0 spiro atoms. The summed E-state index contributed by atoms with van der Waals surface area (Å²) in [5.74, 6) is 0.116. The minimum Gasteiger partial charge on any atom is -0.329 e. The molecule has 3 heteroatoms. The van der Waals surface area contributed by atoms with Gasteiger partial charge in [0.15, 0.2) is 0 Å². The zero-order chi connectivity index (χ0) is 21.9. The van der Waals surface area contributed by atoms with Crippen molar-refractivity contribution in [2.75, 3.05) is 13.6 Å². The van der Waals surface area contributed by atoms with Crippen molar-refractivity contribution in [1.29, 1.82) is 0 Å². The zero-order valence-corrected chi connectivity index (χ0v) is 18.7. The van der Waals surface area contributed by atoms with Crippen LogP contribution in [0, 0.1) is 0 Å². The van der Waals surface area contributed by atoms with Crippen LogP contribution in [0.2, 0.25) is 0 Å². The van der Waals surface area contributed by atoms with Gasteiger partial charge in [0, 0.05) is 37.1 Å². The van der Waals surface area contributed by atoms with Crippen LogP contribution < -0.4 is 4.90 Å². The highest BCUT2D eigenvalue weighted by molar-refractivity contribution is 5.96. The number of nitrogens with one attached hydrogen (secondary N) is 1. The third-order valence-corrected chi connectivity index (χ3v) is 7.20. The molecule has 32 heavy (non-hydrogen) atoms. The van der Waals surface area contributed by atoms with Gasteiger partial charge < -0.3 is 9.80 Å². The highest BCUT2D eigenvalue weighted by Gasteiger charge is 2.40. The number of amides is 1. The van der Waals surface area contributed by atoms with Crippen molar-refractivity contribution < 1.29 is 9.69 Å². The number of carbonyl (C=O) groups is 1. The molecule has 0 aliphatic carbocycles. The molecule has 2 bridgehead atoms. The summed E-state index contributed by atoms with van der Waals surface area (Å²) in [6.45, 7) is 0.716. The van der Waals surface area contributed by atoms with Gasteiger partial charge in [0.1, 0.15) is 6.04 Å². The molecule has 1 unspecified atom stereocenters. The number of fused-ring (bicyclic) bond motifs is 2. The van der Waals surface area contributed by atoms with Crippen molar-refractivity contribution in [2.45, 2.75) is 37.8 Å². The van der Waals surface area contributed by atoms with E-state index in [4.69, 9.17) is 0 Å². The minimum atomic E-state index is 0.116. The summed E-state index contributed by atoms with van der Waals surface area (Å²) in [6, 6.07) is 30.1. The number of nitrogens with zero attached hydrogens (tertiary/aromatic N) is 1. The molecule has 3 aromatic rings. The zero-order valence-electron chi connectivity index (χ0n) is 18.7. The Kier molecular flexibility index (Phi) is 5.91. The van der Waals surface area contributed by atoms with Gasteiger partial charge in [-0.2, -0.15) is 0 Å². The van der Waals surface area contributed by atoms with E-state index in [0.717, 1.165) is 24.0 Å². The Morgan fingerprint density at radius 3 is 2.22 bits per heavy atom. The molecular weight excluding hydrogens is 392 g/mol. The van der Waals surface area contributed by atoms with Gasteiger partial charge in [-0.05, 0) is 41.3 Å². The average Bonchev–Trinajstić information content (AvgIpc) is 3.05. The third kappa shape index (κ3) is 4.26. The molecule has 1 fully saturated rings. The van der Waals surface area contributed by atoms with E-state index in [1.54, 1.807) is 4.90 Å². The van der Waals surface area contributed by atoms with Gasteiger partial charge in [-0.15, -0.1) is 0 Å². The van der Waals surface area contributed by atoms with Gasteiger partial charge in [-0.3, -0.25) is 4.79 Å². The van der Waals surface area contributed by atoms with Gasteiger partial charge in [0.05, 0.1) is 13.1 Å². The Hall–Kier alpha value is -3.17. The average molecular weight is 424 g/mol. The van der Waals surface area contributed by atoms with Gasteiger partial charge >= 0.3 is 0 Å². The molecule has 0 aromatic heterocycles. The molecule has 2 aliphatic rings. The van der Waals surface area contributed by atoms with Crippen LogP contribution in [-0.2, 0) is 6.42 Å². The number of likely N-dealkylation sites (N-methyl/N-ethyl adjacent to an activating group) is 1. The van der Waals surface area contributed by atoms with Crippen LogP contribution in [0.5, 0.6) is 0 Å². The summed E-state index contributed by atoms with van der Waals surface area (Å²) in [7, 11) is 2.30. The molecule has 1 amide bonds. The number of hydrogen-bond acceptors (Lipinski definition) is 1. The standard InChI is InChI=1S/C29H30N2O/c1-30-26-16-17-27(30)21-28(20-26)31(19-18-22-8-4-2-5-9-22)29(32)25-14-12-24(13-15-25)23-10-6-3-7-11-23/h2-15,20,26-27H,16-19,21H2,1H3/p+1/t26-,27+/m1/s1. The van der Waals surface area contributed by atoms with E-state index in [2.05, 4.69) is 66.6 Å². The molecule has 1 N–H and O–H groups in total. The second kappa shape index (κ2) is 9.13. The Balaban J connectivity index is 1.40. The maximum atomic E-state index is 13.7. The number of hydrogen-bond donors (Lipinski definition) is 1. The lowest BCUT2D eigenvalue weighted by atomic mass is 10.0. The first kappa shape index (κ1) is 20.7. The van der Waals surface area contributed by atoms with E-state index in [0.29, 0.717) is 18.6 Å². The predicted octanol–water partition coefficient (Wildman–Crippen LogP) is 4.37. The van der Waals surface area contributed by atoms with E-state index in [-0.39, 0.29) is 5.91 Å². The largest absolute Gasteiger partial charge is 0.329 e. The van der Waals surface area contributed by atoms with E-state index in [1.807, 2.05) is 36.4 Å². The maximum absolute atomic E-state index is 13.7. The summed E-state index contributed by atoms with van der Waals surface area (Å²) in [4.78, 5) is 17.4. The molecule has 3 aromatic carbocycles. The third-order valence-electron chi connectivity index (χ3n) is 7.20. The van der Waals surface area contributed by atoms with Crippen LogP contribution in [0.3, 0.4) is 0 Å². The van der Waals surface area contributed by atoms with E-state index in [9.17, 15) is 4.79 Å². The van der Waals surface area contributed by atoms with Crippen LogP contribution in [0.4, 0.5) is 0 Å². The van der Waals surface area contributed by atoms with Crippen molar-refractivity contribution in [3.05, 3.63) is 108 Å². The molecule has 1 saturated heterocycles. The van der Waals surface area contributed by atoms with Gasteiger partial charge in [-0.25, -0.2) is 0 Å². The maximum Gasteiger partial charge on any atom is 0.258 e. The van der Waals surface area contributed by atoms with Crippen LogP contribution in [-0.4, -0.2) is 36.5 Å². The van der Waals surface area contributed by atoms with Crippen molar-refractivity contribution in [1.82, 2.24) is 4.90 Å². The fourth-order valence-corrected chi connectivity index (χ4v) is 5.22. The van der Waals surface area contributed by atoms with Crippen LogP contribution in [0.1, 0.15) is 35.2 Å². The minimum absolute atomic E-state index is 0.116. The van der Waals surface area contributed by atoms with Crippen LogP contribution in [0.25, 0.3) is 11.1 Å². The molecule has 2 aliphatic heterocycles. The van der Waals surface area contributed by atoms with Gasteiger partial charge in [0.2, 0.25) is 0 Å². The van der Waals surface area contributed by atoms with Gasteiger partial charge in [0.25, 0.3) is 5.91 Å². The second-order valence-corrected chi connectivity index (χ2v) is 9.12.